The summed E-state index contributed by atoms with van der Waals surface area (Å²) in [5.41, 5.74) is 2.47. The van der Waals surface area contributed by atoms with Gasteiger partial charge in [0.05, 0.1) is 14.2 Å². The SMILES string of the molecule is CN=C(NCCCn1ccc2ccccc21)NCCc1ccc(OC)c(OC)c1. The number of aliphatic imine (C=N–C) groups is 1. The molecular formula is C23H30N4O2. The molecule has 0 amide bonds. The highest BCUT2D eigenvalue weighted by Gasteiger charge is 2.05. The van der Waals surface area contributed by atoms with Crippen molar-refractivity contribution in [3.8, 4) is 11.5 Å². The number of nitrogens with zero attached hydrogens (tertiary/aromatic N) is 2. The Labute approximate surface area is 172 Å². The van der Waals surface area contributed by atoms with Crippen LogP contribution in [0.3, 0.4) is 0 Å². The molecule has 0 unspecified atom stereocenters. The van der Waals surface area contributed by atoms with Crippen molar-refractivity contribution < 1.29 is 9.47 Å². The number of ether oxygens (including phenoxy) is 2. The van der Waals surface area contributed by atoms with Gasteiger partial charge in [-0.05, 0) is 48.1 Å². The second kappa shape index (κ2) is 10.4. The number of rotatable bonds is 9. The minimum atomic E-state index is 0.747. The summed E-state index contributed by atoms with van der Waals surface area (Å²) in [6, 6.07) is 16.6. The summed E-state index contributed by atoms with van der Waals surface area (Å²) in [4.78, 5) is 4.31. The highest BCUT2D eigenvalue weighted by Crippen LogP contribution is 2.27. The van der Waals surface area contributed by atoms with Crippen molar-refractivity contribution in [1.29, 1.82) is 0 Å². The van der Waals surface area contributed by atoms with Crippen LogP contribution in [0.15, 0.2) is 59.7 Å². The van der Waals surface area contributed by atoms with E-state index in [0.29, 0.717) is 0 Å². The van der Waals surface area contributed by atoms with Gasteiger partial charge in [0.15, 0.2) is 17.5 Å². The average molecular weight is 395 g/mol. The molecule has 0 spiro atoms. The Morgan fingerprint density at radius 2 is 1.76 bits per heavy atom. The largest absolute Gasteiger partial charge is 0.493 e. The Kier molecular flexibility index (Phi) is 7.39. The zero-order valence-electron chi connectivity index (χ0n) is 17.4. The molecule has 0 aliphatic carbocycles. The zero-order chi connectivity index (χ0) is 20.5. The van der Waals surface area contributed by atoms with Crippen molar-refractivity contribution in [3.63, 3.8) is 0 Å². The van der Waals surface area contributed by atoms with E-state index in [1.54, 1.807) is 21.3 Å². The fraction of sp³-hybridized carbons (Fsp3) is 0.348. The van der Waals surface area contributed by atoms with Crippen LogP contribution in [-0.2, 0) is 13.0 Å². The van der Waals surface area contributed by atoms with Gasteiger partial charge in [-0.2, -0.15) is 0 Å². The summed E-state index contributed by atoms with van der Waals surface area (Å²) >= 11 is 0. The van der Waals surface area contributed by atoms with Gasteiger partial charge in [-0.3, -0.25) is 4.99 Å². The van der Waals surface area contributed by atoms with Crippen molar-refractivity contribution in [2.45, 2.75) is 19.4 Å². The Balaban J connectivity index is 1.40. The summed E-state index contributed by atoms with van der Waals surface area (Å²) in [5, 5.41) is 8.04. The van der Waals surface area contributed by atoms with Crippen LogP contribution >= 0.6 is 0 Å². The standard InChI is InChI=1S/C23H30N4O2/c1-24-23(26-14-11-18-9-10-21(28-2)22(17-18)29-3)25-13-6-15-27-16-12-19-7-4-5-8-20(19)27/h4-5,7-10,12,16-17H,6,11,13-15H2,1-3H3,(H2,24,25,26). The number of aryl methyl sites for hydroxylation is 1. The lowest BCUT2D eigenvalue weighted by Gasteiger charge is -2.13. The molecule has 154 valence electrons. The van der Waals surface area contributed by atoms with Gasteiger partial charge in [0.25, 0.3) is 0 Å². The Morgan fingerprint density at radius 1 is 0.966 bits per heavy atom. The molecule has 0 saturated heterocycles. The summed E-state index contributed by atoms with van der Waals surface area (Å²) in [6.07, 6.45) is 4.05. The van der Waals surface area contributed by atoms with E-state index in [1.165, 1.54) is 16.5 Å². The van der Waals surface area contributed by atoms with Gasteiger partial charge in [-0.15, -0.1) is 0 Å². The summed E-state index contributed by atoms with van der Waals surface area (Å²) in [5.74, 6) is 2.32. The maximum atomic E-state index is 5.36. The number of para-hydroxylation sites is 1. The minimum absolute atomic E-state index is 0.747. The molecule has 0 atom stereocenters. The van der Waals surface area contributed by atoms with Crippen LogP contribution in [-0.4, -0.2) is 44.9 Å². The van der Waals surface area contributed by atoms with Gasteiger partial charge in [-0.1, -0.05) is 24.3 Å². The molecule has 1 heterocycles. The molecule has 2 aromatic carbocycles. The fourth-order valence-electron chi connectivity index (χ4n) is 3.37. The third kappa shape index (κ3) is 5.44. The molecule has 6 nitrogen and oxygen atoms in total. The average Bonchev–Trinajstić information content (AvgIpc) is 3.18. The van der Waals surface area contributed by atoms with Crippen molar-refractivity contribution in [1.82, 2.24) is 15.2 Å². The van der Waals surface area contributed by atoms with Crippen LogP contribution < -0.4 is 20.1 Å². The molecule has 3 aromatic rings. The van der Waals surface area contributed by atoms with Crippen LogP contribution in [0, 0.1) is 0 Å². The highest BCUT2D eigenvalue weighted by molar-refractivity contribution is 5.80. The lowest BCUT2D eigenvalue weighted by atomic mass is 10.1. The summed E-state index contributed by atoms with van der Waals surface area (Å²) in [7, 11) is 5.10. The third-order valence-electron chi connectivity index (χ3n) is 4.93. The van der Waals surface area contributed by atoms with E-state index in [2.05, 4.69) is 62.8 Å². The molecule has 29 heavy (non-hydrogen) atoms. The maximum absolute atomic E-state index is 5.36. The van der Waals surface area contributed by atoms with E-state index in [0.717, 1.165) is 49.9 Å². The first kappa shape index (κ1) is 20.6. The maximum Gasteiger partial charge on any atom is 0.190 e. The molecule has 0 fully saturated rings. The van der Waals surface area contributed by atoms with Crippen LogP contribution in [0.25, 0.3) is 10.9 Å². The Hall–Kier alpha value is -3.15. The van der Waals surface area contributed by atoms with E-state index < -0.39 is 0 Å². The minimum Gasteiger partial charge on any atom is -0.493 e. The number of benzene rings is 2. The highest BCUT2D eigenvalue weighted by atomic mass is 16.5. The fourth-order valence-corrected chi connectivity index (χ4v) is 3.37. The van der Waals surface area contributed by atoms with E-state index in [1.807, 2.05) is 12.1 Å². The lowest BCUT2D eigenvalue weighted by Crippen LogP contribution is -2.38. The van der Waals surface area contributed by atoms with E-state index in [9.17, 15) is 0 Å². The Morgan fingerprint density at radius 3 is 2.55 bits per heavy atom. The smallest absolute Gasteiger partial charge is 0.190 e. The number of nitrogens with one attached hydrogen (secondary N) is 2. The lowest BCUT2D eigenvalue weighted by molar-refractivity contribution is 0.354. The second-order valence-corrected chi connectivity index (χ2v) is 6.79. The third-order valence-corrected chi connectivity index (χ3v) is 4.93. The number of fused-ring (bicyclic) bond motifs is 1. The van der Waals surface area contributed by atoms with Crippen molar-refractivity contribution in [2.24, 2.45) is 4.99 Å². The van der Waals surface area contributed by atoms with E-state index in [-0.39, 0.29) is 0 Å². The number of hydrogen-bond donors (Lipinski definition) is 2. The van der Waals surface area contributed by atoms with Crippen molar-refractivity contribution in [2.75, 3.05) is 34.4 Å². The molecule has 0 bridgehead atoms. The molecule has 1 aromatic heterocycles. The van der Waals surface area contributed by atoms with Gasteiger partial charge in [0.2, 0.25) is 0 Å². The first-order chi connectivity index (χ1) is 14.2. The number of guanidine groups is 1. The predicted molar refractivity (Wildman–Crippen MR) is 119 cm³/mol. The summed E-state index contributed by atoms with van der Waals surface area (Å²) in [6.45, 7) is 2.63. The number of aromatic nitrogens is 1. The first-order valence-corrected chi connectivity index (χ1v) is 9.94. The molecular weight excluding hydrogens is 364 g/mol. The zero-order valence-corrected chi connectivity index (χ0v) is 17.4. The molecule has 0 radical (unpaired) electrons. The van der Waals surface area contributed by atoms with Gasteiger partial charge >= 0.3 is 0 Å². The van der Waals surface area contributed by atoms with Crippen LogP contribution in [0.2, 0.25) is 0 Å². The van der Waals surface area contributed by atoms with Gasteiger partial charge in [0, 0.05) is 38.4 Å². The first-order valence-electron chi connectivity index (χ1n) is 9.94. The molecule has 0 aliphatic heterocycles. The second-order valence-electron chi connectivity index (χ2n) is 6.79. The van der Waals surface area contributed by atoms with Crippen LogP contribution in [0.5, 0.6) is 11.5 Å². The predicted octanol–water partition coefficient (Wildman–Crippen LogP) is 3.46. The van der Waals surface area contributed by atoms with Gasteiger partial charge in [0.1, 0.15) is 0 Å². The van der Waals surface area contributed by atoms with Gasteiger partial charge < -0.3 is 24.7 Å². The monoisotopic (exact) mass is 394 g/mol. The molecule has 0 saturated carbocycles. The normalized spacial score (nSPS) is 11.5. The van der Waals surface area contributed by atoms with Crippen LogP contribution in [0.4, 0.5) is 0 Å². The molecule has 0 aliphatic rings. The topological polar surface area (TPSA) is 59.8 Å². The quantitative estimate of drug-likeness (QED) is 0.332. The molecule has 2 N–H and O–H groups in total. The number of hydrogen-bond acceptors (Lipinski definition) is 3. The number of methoxy groups -OCH3 is 2. The molecule has 6 heteroatoms. The van der Waals surface area contributed by atoms with Crippen molar-refractivity contribution in [3.05, 3.63) is 60.3 Å². The Bertz CT molecular complexity index is 949. The molecule has 3 rings (SSSR count). The van der Waals surface area contributed by atoms with Crippen molar-refractivity contribution >= 4 is 16.9 Å². The van der Waals surface area contributed by atoms with E-state index in [4.69, 9.17) is 9.47 Å². The van der Waals surface area contributed by atoms with E-state index >= 15 is 0 Å². The van der Waals surface area contributed by atoms with Gasteiger partial charge in [-0.25, -0.2) is 0 Å². The summed E-state index contributed by atoms with van der Waals surface area (Å²) < 4.78 is 12.9. The van der Waals surface area contributed by atoms with Crippen LogP contribution in [0.1, 0.15) is 12.0 Å².